The highest BCUT2D eigenvalue weighted by Gasteiger charge is 2.44. The van der Waals surface area contributed by atoms with Crippen LogP contribution >= 0.6 is 15.9 Å². The maximum absolute atomic E-state index is 12.7. The van der Waals surface area contributed by atoms with E-state index in [0.717, 1.165) is 6.07 Å². The average Bonchev–Trinajstić information content (AvgIpc) is 2.30. The van der Waals surface area contributed by atoms with Crippen molar-refractivity contribution in [2.24, 2.45) is 0 Å². The van der Waals surface area contributed by atoms with Crippen molar-refractivity contribution in [2.75, 3.05) is 25.0 Å². The van der Waals surface area contributed by atoms with E-state index in [1.165, 1.54) is 11.8 Å². The van der Waals surface area contributed by atoms with Crippen molar-refractivity contribution in [3.63, 3.8) is 0 Å². The zero-order chi connectivity index (χ0) is 16.7. The molecule has 0 aliphatic carbocycles. The van der Waals surface area contributed by atoms with Gasteiger partial charge in [-0.15, -0.1) is 0 Å². The SMILES string of the molecule is Cc1nc(C(F)(F)F)cc(Br)c1NC(=O)CN1CC(F)(F)C1. The molecule has 10 heteroatoms. The largest absolute Gasteiger partial charge is 0.433 e. The highest BCUT2D eigenvalue weighted by Crippen LogP contribution is 2.34. The van der Waals surface area contributed by atoms with Crippen LogP contribution in [0.4, 0.5) is 27.6 Å². The number of amides is 1. The topological polar surface area (TPSA) is 45.2 Å². The lowest BCUT2D eigenvalue weighted by Gasteiger charge is -2.38. The van der Waals surface area contributed by atoms with Crippen LogP contribution in [0.25, 0.3) is 0 Å². The Balaban J connectivity index is 2.05. The first kappa shape index (κ1) is 17.1. The number of carbonyl (C=O) groups excluding carboxylic acids is 1. The lowest BCUT2D eigenvalue weighted by Crippen LogP contribution is -2.57. The number of carbonyl (C=O) groups is 1. The van der Waals surface area contributed by atoms with Gasteiger partial charge in [0.15, 0.2) is 0 Å². The smallest absolute Gasteiger partial charge is 0.322 e. The molecule has 0 bridgehead atoms. The summed E-state index contributed by atoms with van der Waals surface area (Å²) in [5.74, 6) is -3.38. The molecule has 4 nitrogen and oxygen atoms in total. The Hall–Kier alpha value is -1.29. The van der Waals surface area contributed by atoms with E-state index in [1.807, 2.05) is 0 Å². The van der Waals surface area contributed by atoms with Crippen molar-refractivity contribution < 1.29 is 26.7 Å². The van der Waals surface area contributed by atoms with Crippen molar-refractivity contribution in [3.8, 4) is 0 Å². The Bertz CT molecular complexity index is 574. The molecule has 1 aliphatic heterocycles. The van der Waals surface area contributed by atoms with Crippen LogP contribution in [-0.2, 0) is 11.0 Å². The minimum atomic E-state index is -4.60. The Morgan fingerprint density at radius 3 is 2.50 bits per heavy atom. The van der Waals surface area contributed by atoms with Gasteiger partial charge in [0, 0.05) is 4.47 Å². The van der Waals surface area contributed by atoms with Crippen LogP contribution in [0, 0.1) is 6.92 Å². The molecule has 22 heavy (non-hydrogen) atoms. The lowest BCUT2D eigenvalue weighted by atomic mass is 10.1. The normalized spacial score (nSPS) is 18.0. The standard InChI is InChI=1S/C12H11BrF5N3O/c1-6-10(7(13)2-8(19-6)12(16,17)18)20-9(22)3-21-4-11(14,15)5-21/h2H,3-5H2,1H3,(H,20,22). The van der Waals surface area contributed by atoms with Gasteiger partial charge in [0.2, 0.25) is 5.91 Å². The number of alkyl halides is 5. The van der Waals surface area contributed by atoms with Gasteiger partial charge in [-0.2, -0.15) is 13.2 Å². The number of hydrogen-bond acceptors (Lipinski definition) is 3. The van der Waals surface area contributed by atoms with Crippen LogP contribution in [0.2, 0.25) is 0 Å². The van der Waals surface area contributed by atoms with Crippen LogP contribution in [0.5, 0.6) is 0 Å². The number of aromatic nitrogens is 1. The third kappa shape index (κ3) is 3.92. The van der Waals surface area contributed by atoms with E-state index in [9.17, 15) is 26.7 Å². The Labute approximate surface area is 130 Å². The van der Waals surface area contributed by atoms with Gasteiger partial charge in [-0.25, -0.2) is 13.8 Å². The Kier molecular flexibility index (Phi) is 4.44. The van der Waals surface area contributed by atoms with Crippen LogP contribution in [0.3, 0.4) is 0 Å². The number of aryl methyl sites for hydroxylation is 1. The van der Waals surface area contributed by atoms with Crippen LogP contribution in [-0.4, -0.2) is 41.3 Å². The molecule has 1 aromatic heterocycles. The minimum Gasteiger partial charge on any atom is -0.322 e. The highest BCUT2D eigenvalue weighted by atomic mass is 79.9. The van der Waals surface area contributed by atoms with Gasteiger partial charge in [0.25, 0.3) is 5.92 Å². The number of anilines is 1. The van der Waals surface area contributed by atoms with Gasteiger partial charge in [-0.05, 0) is 28.9 Å². The molecule has 1 aromatic rings. The molecule has 1 saturated heterocycles. The van der Waals surface area contributed by atoms with E-state index in [4.69, 9.17) is 0 Å². The molecule has 1 amide bonds. The zero-order valence-corrected chi connectivity index (χ0v) is 12.9. The first-order valence-corrected chi connectivity index (χ1v) is 6.91. The molecule has 0 atom stereocenters. The van der Waals surface area contributed by atoms with E-state index in [1.54, 1.807) is 0 Å². The molecule has 0 aromatic carbocycles. The molecular weight excluding hydrogens is 377 g/mol. The van der Waals surface area contributed by atoms with Crippen molar-refractivity contribution in [1.29, 1.82) is 0 Å². The van der Waals surface area contributed by atoms with E-state index < -0.39 is 36.8 Å². The molecule has 0 saturated carbocycles. The number of hydrogen-bond donors (Lipinski definition) is 1. The number of halogens is 6. The van der Waals surface area contributed by atoms with Crippen molar-refractivity contribution >= 4 is 27.5 Å². The predicted octanol–water partition coefficient (Wildman–Crippen LogP) is 3.06. The fourth-order valence-corrected chi connectivity index (χ4v) is 2.63. The van der Waals surface area contributed by atoms with E-state index >= 15 is 0 Å². The van der Waals surface area contributed by atoms with Crippen molar-refractivity contribution in [1.82, 2.24) is 9.88 Å². The van der Waals surface area contributed by atoms with Gasteiger partial charge in [-0.1, -0.05) is 0 Å². The Morgan fingerprint density at radius 1 is 1.45 bits per heavy atom. The summed E-state index contributed by atoms with van der Waals surface area (Å²) in [5.41, 5.74) is -1.02. The third-order valence-corrected chi connectivity index (χ3v) is 3.61. The fraction of sp³-hybridized carbons (Fsp3) is 0.500. The second-order valence-electron chi connectivity index (χ2n) is 5.00. The van der Waals surface area contributed by atoms with E-state index in [2.05, 4.69) is 26.2 Å². The number of likely N-dealkylation sites (tertiary alicyclic amines) is 1. The molecular formula is C12H11BrF5N3O. The summed E-state index contributed by atoms with van der Waals surface area (Å²) in [5, 5.41) is 2.38. The summed E-state index contributed by atoms with van der Waals surface area (Å²) in [4.78, 5) is 16.4. The van der Waals surface area contributed by atoms with Crippen molar-refractivity contribution in [2.45, 2.75) is 19.0 Å². The zero-order valence-electron chi connectivity index (χ0n) is 11.3. The van der Waals surface area contributed by atoms with Gasteiger partial charge >= 0.3 is 6.18 Å². The molecule has 1 N–H and O–H groups in total. The van der Waals surface area contributed by atoms with Gasteiger partial charge in [0.05, 0.1) is 31.0 Å². The van der Waals surface area contributed by atoms with E-state index in [0.29, 0.717) is 0 Å². The van der Waals surface area contributed by atoms with Gasteiger partial charge < -0.3 is 5.32 Å². The second-order valence-corrected chi connectivity index (χ2v) is 5.85. The van der Waals surface area contributed by atoms with Crippen LogP contribution < -0.4 is 5.32 Å². The van der Waals surface area contributed by atoms with Crippen LogP contribution in [0.15, 0.2) is 10.5 Å². The number of nitrogens with zero attached hydrogens (tertiary/aromatic N) is 2. The maximum Gasteiger partial charge on any atom is 0.433 e. The monoisotopic (exact) mass is 387 g/mol. The molecule has 2 rings (SSSR count). The van der Waals surface area contributed by atoms with Gasteiger partial charge in [-0.3, -0.25) is 9.69 Å². The molecule has 0 spiro atoms. The number of nitrogens with one attached hydrogen (secondary N) is 1. The maximum atomic E-state index is 12.7. The first-order chi connectivity index (χ1) is 9.98. The molecule has 0 radical (unpaired) electrons. The molecule has 2 heterocycles. The summed E-state index contributed by atoms with van der Waals surface area (Å²) in [6.45, 7) is 0.0353. The van der Waals surface area contributed by atoms with E-state index in [-0.39, 0.29) is 22.4 Å². The summed E-state index contributed by atoms with van der Waals surface area (Å²) in [7, 11) is 0. The minimum absolute atomic E-state index is 0.0228. The predicted molar refractivity (Wildman–Crippen MR) is 71.7 cm³/mol. The summed E-state index contributed by atoms with van der Waals surface area (Å²) >= 11 is 2.95. The number of pyridine rings is 1. The second kappa shape index (κ2) is 5.73. The molecule has 1 fully saturated rings. The summed E-state index contributed by atoms with van der Waals surface area (Å²) in [6.07, 6.45) is -4.60. The highest BCUT2D eigenvalue weighted by molar-refractivity contribution is 9.10. The molecule has 122 valence electrons. The third-order valence-electron chi connectivity index (χ3n) is 2.98. The number of rotatable bonds is 3. The first-order valence-electron chi connectivity index (χ1n) is 6.12. The fourth-order valence-electron chi connectivity index (χ4n) is 2.03. The van der Waals surface area contributed by atoms with Gasteiger partial charge in [0.1, 0.15) is 5.69 Å². The molecule has 0 unspecified atom stereocenters. The van der Waals surface area contributed by atoms with Crippen LogP contribution in [0.1, 0.15) is 11.4 Å². The summed E-state index contributed by atoms with van der Waals surface area (Å²) in [6, 6.07) is 0.750. The lowest BCUT2D eigenvalue weighted by molar-refractivity contribution is -0.141. The summed E-state index contributed by atoms with van der Waals surface area (Å²) < 4.78 is 63.1. The average molecular weight is 388 g/mol. The quantitative estimate of drug-likeness (QED) is 0.810. The van der Waals surface area contributed by atoms with Crippen molar-refractivity contribution in [3.05, 3.63) is 21.9 Å². The molecule has 1 aliphatic rings. The Morgan fingerprint density at radius 2 is 2.05 bits per heavy atom.